The van der Waals surface area contributed by atoms with Crippen molar-refractivity contribution in [1.82, 2.24) is 4.90 Å². The highest BCUT2D eigenvalue weighted by Crippen LogP contribution is 2.20. The van der Waals surface area contributed by atoms with E-state index in [2.05, 4.69) is 17.1 Å². The third-order valence-electron chi connectivity index (χ3n) is 3.68. The third-order valence-corrected chi connectivity index (χ3v) is 3.68. The topological polar surface area (TPSA) is 15.3 Å². The number of rotatable bonds is 4. The molecule has 0 spiro atoms. The van der Waals surface area contributed by atoms with Crippen LogP contribution >= 0.6 is 0 Å². The van der Waals surface area contributed by atoms with Gasteiger partial charge in [-0.15, -0.1) is 0 Å². The van der Waals surface area contributed by atoms with Gasteiger partial charge in [0.05, 0.1) is 0 Å². The maximum absolute atomic E-state index is 13.0. The molecule has 1 saturated heterocycles. The molecular weight excluding hydrogens is 227 g/mol. The van der Waals surface area contributed by atoms with E-state index in [0.29, 0.717) is 6.04 Å². The Kier molecular flexibility index (Phi) is 4.59. The van der Waals surface area contributed by atoms with Crippen LogP contribution in [0.3, 0.4) is 0 Å². The van der Waals surface area contributed by atoms with Crippen LogP contribution in [0.5, 0.6) is 0 Å². The van der Waals surface area contributed by atoms with Crippen molar-refractivity contribution >= 4 is 5.69 Å². The van der Waals surface area contributed by atoms with Crippen LogP contribution in [0.1, 0.15) is 31.7 Å². The number of likely N-dealkylation sites (tertiary alicyclic amines) is 1. The minimum atomic E-state index is -0.157. The number of nitrogens with zero attached hydrogens (tertiary/aromatic N) is 1. The van der Waals surface area contributed by atoms with Crippen molar-refractivity contribution < 1.29 is 4.39 Å². The third kappa shape index (κ3) is 3.45. The minimum absolute atomic E-state index is 0.157. The number of nitrogens with one attached hydrogen (secondary N) is 1. The molecule has 1 aromatic carbocycles. The first-order chi connectivity index (χ1) is 8.69. The van der Waals surface area contributed by atoms with Gasteiger partial charge in [0.2, 0.25) is 0 Å². The Morgan fingerprint density at radius 1 is 1.33 bits per heavy atom. The SMILES string of the molecule is CCCN1CCC(Nc2ccc(F)cc2C)CC1. The first-order valence-corrected chi connectivity index (χ1v) is 6.94. The van der Waals surface area contributed by atoms with Crippen LogP contribution in [-0.4, -0.2) is 30.6 Å². The van der Waals surface area contributed by atoms with Crippen LogP contribution in [0, 0.1) is 12.7 Å². The van der Waals surface area contributed by atoms with Crippen LogP contribution in [0.2, 0.25) is 0 Å². The van der Waals surface area contributed by atoms with Gasteiger partial charge in [-0.05, 0) is 56.5 Å². The lowest BCUT2D eigenvalue weighted by molar-refractivity contribution is 0.219. The largest absolute Gasteiger partial charge is 0.382 e. The maximum atomic E-state index is 13.0. The van der Waals surface area contributed by atoms with E-state index < -0.39 is 0 Å². The van der Waals surface area contributed by atoms with Gasteiger partial charge in [0, 0.05) is 24.8 Å². The lowest BCUT2D eigenvalue weighted by Gasteiger charge is -2.32. The Morgan fingerprint density at radius 2 is 2.06 bits per heavy atom. The molecule has 0 unspecified atom stereocenters. The molecule has 0 atom stereocenters. The highest BCUT2D eigenvalue weighted by molar-refractivity contribution is 5.51. The van der Waals surface area contributed by atoms with Crippen molar-refractivity contribution in [3.8, 4) is 0 Å². The second-order valence-electron chi connectivity index (χ2n) is 5.22. The van der Waals surface area contributed by atoms with Gasteiger partial charge in [0.15, 0.2) is 0 Å². The molecule has 0 aliphatic carbocycles. The Bertz CT molecular complexity index is 384. The molecule has 1 N–H and O–H groups in total. The van der Waals surface area contributed by atoms with Crippen molar-refractivity contribution in [2.45, 2.75) is 39.2 Å². The summed E-state index contributed by atoms with van der Waals surface area (Å²) in [6.45, 7) is 7.74. The lowest BCUT2D eigenvalue weighted by Crippen LogP contribution is -2.39. The number of halogens is 1. The van der Waals surface area contributed by atoms with Gasteiger partial charge >= 0.3 is 0 Å². The molecule has 1 aliphatic heterocycles. The van der Waals surface area contributed by atoms with Gasteiger partial charge in [0.1, 0.15) is 5.82 Å². The van der Waals surface area contributed by atoms with E-state index >= 15 is 0 Å². The normalized spacial score (nSPS) is 17.9. The van der Waals surface area contributed by atoms with Crippen molar-refractivity contribution in [2.24, 2.45) is 0 Å². The molecule has 100 valence electrons. The summed E-state index contributed by atoms with van der Waals surface area (Å²) in [7, 11) is 0. The van der Waals surface area contributed by atoms with E-state index in [1.54, 1.807) is 6.07 Å². The fraction of sp³-hybridized carbons (Fsp3) is 0.600. The summed E-state index contributed by atoms with van der Waals surface area (Å²) < 4.78 is 13.0. The molecule has 0 aromatic heterocycles. The van der Waals surface area contributed by atoms with E-state index in [0.717, 1.165) is 11.3 Å². The zero-order valence-electron chi connectivity index (χ0n) is 11.4. The molecule has 2 nitrogen and oxygen atoms in total. The van der Waals surface area contributed by atoms with E-state index in [4.69, 9.17) is 0 Å². The lowest BCUT2D eigenvalue weighted by atomic mass is 10.0. The Labute approximate surface area is 109 Å². The maximum Gasteiger partial charge on any atom is 0.123 e. The van der Waals surface area contributed by atoms with Gasteiger partial charge in [-0.25, -0.2) is 4.39 Å². The van der Waals surface area contributed by atoms with E-state index in [-0.39, 0.29) is 5.82 Å². The summed E-state index contributed by atoms with van der Waals surface area (Å²) in [4.78, 5) is 2.52. The van der Waals surface area contributed by atoms with E-state index in [9.17, 15) is 4.39 Å². The molecular formula is C15H23FN2. The number of aryl methyl sites for hydroxylation is 1. The molecule has 2 rings (SSSR count). The van der Waals surface area contributed by atoms with E-state index in [1.807, 2.05) is 13.0 Å². The quantitative estimate of drug-likeness (QED) is 0.881. The standard InChI is InChI=1S/C15H23FN2/c1-3-8-18-9-6-14(7-10-18)17-15-5-4-13(16)11-12(15)2/h4-5,11,14,17H,3,6-10H2,1-2H3. The Morgan fingerprint density at radius 3 is 2.67 bits per heavy atom. The zero-order chi connectivity index (χ0) is 13.0. The molecule has 0 saturated carbocycles. The van der Waals surface area contributed by atoms with Crippen molar-refractivity contribution in [3.63, 3.8) is 0 Å². The van der Waals surface area contributed by atoms with Crippen LogP contribution in [0.4, 0.5) is 10.1 Å². The predicted octanol–water partition coefficient (Wildman–Crippen LogP) is 3.42. The highest BCUT2D eigenvalue weighted by Gasteiger charge is 2.18. The molecule has 0 bridgehead atoms. The smallest absolute Gasteiger partial charge is 0.123 e. The van der Waals surface area contributed by atoms with Gasteiger partial charge < -0.3 is 10.2 Å². The molecule has 0 amide bonds. The molecule has 0 radical (unpaired) electrons. The number of hydrogen-bond acceptors (Lipinski definition) is 2. The fourth-order valence-corrected chi connectivity index (χ4v) is 2.63. The summed E-state index contributed by atoms with van der Waals surface area (Å²) in [6, 6.07) is 5.50. The minimum Gasteiger partial charge on any atom is -0.382 e. The zero-order valence-corrected chi connectivity index (χ0v) is 11.4. The molecule has 1 fully saturated rings. The number of piperidine rings is 1. The van der Waals surface area contributed by atoms with Crippen molar-refractivity contribution in [2.75, 3.05) is 25.0 Å². The average Bonchev–Trinajstić information content (AvgIpc) is 2.35. The summed E-state index contributed by atoms with van der Waals surface area (Å²) in [5.74, 6) is -0.157. The van der Waals surface area contributed by atoms with E-state index in [1.165, 1.54) is 45.0 Å². The summed E-state index contributed by atoms with van der Waals surface area (Å²) in [6.07, 6.45) is 3.59. The molecule has 1 heterocycles. The fourth-order valence-electron chi connectivity index (χ4n) is 2.63. The monoisotopic (exact) mass is 250 g/mol. The van der Waals surface area contributed by atoms with Gasteiger partial charge in [0.25, 0.3) is 0 Å². The Hall–Kier alpha value is -1.09. The van der Waals surface area contributed by atoms with Gasteiger partial charge in [-0.2, -0.15) is 0 Å². The number of anilines is 1. The summed E-state index contributed by atoms with van der Waals surface area (Å²) >= 11 is 0. The highest BCUT2D eigenvalue weighted by atomic mass is 19.1. The molecule has 3 heteroatoms. The number of benzene rings is 1. The molecule has 1 aromatic rings. The van der Waals surface area contributed by atoms with Gasteiger partial charge in [-0.1, -0.05) is 6.92 Å². The van der Waals surface area contributed by atoms with Crippen LogP contribution in [0.25, 0.3) is 0 Å². The summed E-state index contributed by atoms with van der Waals surface area (Å²) in [5, 5.41) is 3.55. The molecule has 18 heavy (non-hydrogen) atoms. The predicted molar refractivity (Wildman–Crippen MR) is 74.5 cm³/mol. The second kappa shape index (κ2) is 6.19. The first-order valence-electron chi connectivity index (χ1n) is 6.94. The Balaban J connectivity index is 1.87. The first kappa shape index (κ1) is 13.3. The second-order valence-corrected chi connectivity index (χ2v) is 5.22. The van der Waals surface area contributed by atoms with Crippen LogP contribution in [-0.2, 0) is 0 Å². The van der Waals surface area contributed by atoms with Crippen LogP contribution in [0.15, 0.2) is 18.2 Å². The average molecular weight is 250 g/mol. The number of hydrogen-bond donors (Lipinski definition) is 1. The van der Waals surface area contributed by atoms with Crippen molar-refractivity contribution in [1.29, 1.82) is 0 Å². The molecule has 1 aliphatic rings. The van der Waals surface area contributed by atoms with Crippen LogP contribution < -0.4 is 5.32 Å². The summed E-state index contributed by atoms with van der Waals surface area (Å²) in [5.41, 5.74) is 2.07. The van der Waals surface area contributed by atoms with Gasteiger partial charge in [-0.3, -0.25) is 0 Å². The van der Waals surface area contributed by atoms with Crippen molar-refractivity contribution in [3.05, 3.63) is 29.6 Å².